The predicted molar refractivity (Wildman–Crippen MR) is 152 cm³/mol. The van der Waals surface area contributed by atoms with Crippen molar-refractivity contribution in [3.8, 4) is 0 Å². The number of hydrogen-bond donors (Lipinski definition) is 0. The van der Waals surface area contributed by atoms with Gasteiger partial charge in [0.1, 0.15) is 41.2 Å². The molecule has 220 valence electrons. The summed E-state index contributed by atoms with van der Waals surface area (Å²) in [4.78, 5) is 21.7. The van der Waals surface area contributed by atoms with Gasteiger partial charge in [-0.25, -0.2) is 28.3 Å². The molecule has 1 aliphatic rings. The number of hydrogen-bond acceptors (Lipinski definition) is 11. The average Bonchev–Trinajstić information content (AvgIpc) is 3.47. The van der Waals surface area contributed by atoms with Gasteiger partial charge in [-0.15, -0.1) is 0 Å². The van der Waals surface area contributed by atoms with Crippen LogP contribution in [0.2, 0.25) is 0 Å². The van der Waals surface area contributed by atoms with E-state index in [2.05, 4.69) is 21.4 Å². The summed E-state index contributed by atoms with van der Waals surface area (Å²) in [6, 6.07) is 3.38. The van der Waals surface area contributed by atoms with Crippen LogP contribution in [0.3, 0.4) is 0 Å². The monoisotopic (exact) mass is 588 g/mol. The van der Waals surface area contributed by atoms with Crippen LogP contribution in [0.25, 0.3) is 11.2 Å². The molecule has 0 saturated carbocycles. The van der Waals surface area contributed by atoms with Crippen molar-refractivity contribution in [2.75, 3.05) is 71.1 Å². The minimum absolute atomic E-state index is 0.114. The Labute approximate surface area is 238 Å². The predicted octanol–water partition coefficient (Wildman–Crippen LogP) is 2.26. The zero-order valence-electron chi connectivity index (χ0n) is 23.4. The van der Waals surface area contributed by atoms with Crippen LogP contribution in [0.1, 0.15) is 5.82 Å². The summed E-state index contributed by atoms with van der Waals surface area (Å²) in [5, 5.41) is 0. The summed E-state index contributed by atoms with van der Waals surface area (Å²) >= 11 is 0. The Hall–Kier alpha value is -4.08. The number of morpholine rings is 1. The number of nitrogens with zero attached hydrogens (tertiary/aromatic N) is 8. The second-order valence-electron chi connectivity index (χ2n) is 9.05. The molecular weight excluding hydrogens is 555 g/mol. The van der Waals surface area contributed by atoms with Crippen molar-refractivity contribution in [1.82, 2.24) is 28.2 Å². The first-order chi connectivity index (χ1) is 19.7. The molecule has 0 N–H and O–H groups in total. The lowest BCUT2D eigenvalue weighted by atomic mass is 10.2. The van der Waals surface area contributed by atoms with Gasteiger partial charge in [0, 0.05) is 51.7 Å². The fraction of sp³-hybridized carbons (Fsp3) is 0.385. The second-order valence-corrected chi connectivity index (χ2v) is 11.1. The van der Waals surface area contributed by atoms with E-state index in [1.807, 2.05) is 0 Å². The van der Waals surface area contributed by atoms with E-state index in [-0.39, 0.29) is 23.8 Å². The molecule has 13 nitrogen and oxygen atoms in total. The molecule has 4 rings (SSSR count). The molecule has 0 spiro atoms. The van der Waals surface area contributed by atoms with Gasteiger partial charge in [0.2, 0.25) is 0 Å². The van der Waals surface area contributed by atoms with Crippen LogP contribution < -0.4 is 9.80 Å². The van der Waals surface area contributed by atoms with Crippen molar-refractivity contribution in [1.29, 1.82) is 0 Å². The summed E-state index contributed by atoms with van der Waals surface area (Å²) in [6.07, 6.45) is 7.34. The Morgan fingerprint density at radius 3 is 2.56 bits per heavy atom. The van der Waals surface area contributed by atoms with E-state index in [0.29, 0.717) is 54.9 Å². The molecule has 1 fully saturated rings. The van der Waals surface area contributed by atoms with Crippen LogP contribution in [0.15, 0.2) is 66.7 Å². The van der Waals surface area contributed by atoms with E-state index in [9.17, 15) is 12.8 Å². The largest absolute Gasteiger partial charge is 0.497 e. The maximum Gasteiger partial charge on any atom is 0.308 e. The standard InChI is InChI=1S/C26H33FN8O5S/c1-19(38-4)14-21(39-5)15-20(16-27)34(18-25-28-8-9-35(25)41(36,37)32(2)3)23-7-6-22-26(30-23)31-24(17-29-22)33-10-12-40-13-11-33/h6-9,14-15,17H,1,10-13,16,18H2,2-5H3/b20-15+,21-14+. The minimum atomic E-state index is -3.90. The molecule has 0 unspecified atom stereocenters. The number of ether oxygens (including phenoxy) is 3. The van der Waals surface area contributed by atoms with Crippen molar-refractivity contribution < 1.29 is 27.0 Å². The number of imidazole rings is 1. The Morgan fingerprint density at radius 1 is 1.15 bits per heavy atom. The molecule has 0 aromatic carbocycles. The highest BCUT2D eigenvalue weighted by atomic mass is 32.2. The molecule has 41 heavy (non-hydrogen) atoms. The number of halogens is 1. The first kappa shape index (κ1) is 29.9. The number of pyridine rings is 1. The zero-order chi connectivity index (χ0) is 29.6. The Morgan fingerprint density at radius 2 is 1.90 bits per heavy atom. The summed E-state index contributed by atoms with van der Waals surface area (Å²) < 4.78 is 58.7. The van der Waals surface area contributed by atoms with Crippen LogP contribution in [0, 0.1) is 0 Å². The lowest BCUT2D eigenvalue weighted by molar-refractivity contribution is 0.122. The van der Waals surface area contributed by atoms with Crippen molar-refractivity contribution in [2.45, 2.75) is 6.54 Å². The van der Waals surface area contributed by atoms with E-state index < -0.39 is 16.9 Å². The first-order valence-electron chi connectivity index (χ1n) is 12.6. The highest BCUT2D eigenvalue weighted by Crippen LogP contribution is 2.25. The van der Waals surface area contributed by atoms with Gasteiger partial charge in [-0.2, -0.15) is 12.7 Å². The van der Waals surface area contributed by atoms with Gasteiger partial charge in [-0.05, 0) is 12.1 Å². The maximum atomic E-state index is 14.7. The summed E-state index contributed by atoms with van der Waals surface area (Å²) in [7, 11) is 1.81. The van der Waals surface area contributed by atoms with Crippen LogP contribution >= 0.6 is 0 Å². The molecule has 1 saturated heterocycles. The molecule has 3 aromatic heterocycles. The van der Waals surface area contributed by atoms with Crippen molar-refractivity contribution >= 4 is 33.0 Å². The lowest BCUT2D eigenvalue weighted by Gasteiger charge is -2.28. The molecule has 0 radical (unpaired) electrons. The van der Waals surface area contributed by atoms with Crippen molar-refractivity contribution in [3.63, 3.8) is 0 Å². The normalized spacial score (nSPS) is 14.9. The lowest BCUT2D eigenvalue weighted by Crippen LogP contribution is -2.36. The second kappa shape index (κ2) is 13.1. The third-order valence-electron chi connectivity index (χ3n) is 6.27. The van der Waals surface area contributed by atoms with Crippen LogP contribution in [-0.2, 0) is 31.0 Å². The fourth-order valence-corrected chi connectivity index (χ4v) is 4.93. The van der Waals surface area contributed by atoms with E-state index in [0.717, 1.165) is 8.28 Å². The average molecular weight is 589 g/mol. The van der Waals surface area contributed by atoms with E-state index in [1.165, 1.54) is 57.8 Å². The number of allylic oxidation sites excluding steroid dienone is 3. The number of methoxy groups -OCH3 is 2. The molecule has 4 heterocycles. The summed E-state index contributed by atoms with van der Waals surface area (Å²) in [6.45, 7) is 5.17. The van der Waals surface area contributed by atoms with Gasteiger partial charge in [0.25, 0.3) is 0 Å². The molecule has 15 heteroatoms. The highest BCUT2D eigenvalue weighted by Gasteiger charge is 2.24. The third-order valence-corrected chi connectivity index (χ3v) is 8.03. The SMILES string of the molecule is C=C(/C=C(\C=C(/CF)N(Cc1nccn1S(=O)(=O)N(C)C)c1ccc2ncc(N3CCOCC3)nc2n1)OC)OC. The quantitative estimate of drug-likeness (QED) is 0.228. The van der Waals surface area contributed by atoms with Crippen molar-refractivity contribution in [2.24, 2.45) is 0 Å². The minimum Gasteiger partial charge on any atom is -0.497 e. The van der Waals surface area contributed by atoms with Gasteiger partial charge >= 0.3 is 10.2 Å². The van der Waals surface area contributed by atoms with Crippen LogP contribution in [-0.4, -0.2) is 97.9 Å². The molecular formula is C26H33FN8O5S. The summed E-state index contributed by atoms with van der Waals surface area (Å²) in [5.41, 5.74) is 0.999. The smallest absolute Gasteiger partial charge is 0.308 e. The topological polar surface area (TPSA) is 128 Å². The van der Waals surface area contributed by atoms with Gasteiger partial charge in [0.05, 0.1) is 45.9 Å². The van der Waals surface area contributed by atoms with Gasteiger partial charge in [-0.1, -0.05) is 6.58 Å². The highest BCUT2D eigenvalue weighted by molar-refractivity contribution is 7.87. The molecule has 0 atom stereocenters. The Balaban J connectivity index is 1.83. The molecule has 3 aromatic rings. The Kier molecular flexibility index (Phi) is 9.52. The Bertz CT molecular complexity index is 1550. The van der Waals surface area contributed by atoms with E-state index >= 15 is 0 Å². The maximum absolute atomic E-state index is 14.7. The van der Waals surface area contributed by atoms with E-state index in [4.69, 9.17) is 24.2 Å². The number of rotatable bonds is 12. The molecule has 0 aliphatic carbocycles. The number of alkyl halides is 1. The van der Waals surface area contributed by atoms with Gasteiger partial charge < -0.3 is 24.0 Å². The molecule has 0 amide bonds. The molecule has 1 aliphatic heterocycles. The van der Waals surface area contributed by atoms with Gasteiger partial charge in [-0.3, -0.25) is 0 Å². The summed E-state index contributed by atoms with van der Waals surface area (Å²) in [5.74, 6) is 1.64. The number of fused-ring (bicyclic) bond motifs is 1. The third kappa shape index (κ3) is 6.81. The van der Waals surface area contributed by atoms with Crippen LogP contribution in [0.4, 0.5) is 16.0 Å². The van der Waals surface area contributed by atoms with Crippen molar-refractivity contribution in [3.05, 3.63) is 72.5 Å². The van der Waals surface area contributed by atoms with Crippen LogP contribution in [0.5, 0.6) is 0 Å². The fourth-order valence-electron chi connectivity index (χ4n) is 3.99. The van der Waals surface area contributed by atoms with Gasteiger partial charge in [0.15, 0.2) is 5.65 Å². The van der Waals surface area contributed by atoms with E-state index in [1.54, 1.807) is 18.3 Å². The zero-order valence-corrected chi connectivity index (χ0v) is 24.2. The number of anilines is 2. The number of aromatic nitrogens is 5. The molecule has 0 bridgehead atoms. The first-order valence-corrected chi connectivity index (χ1v) is 14.0.